The molecule has 4 rings (SSSR count). The van der Waals surface area contributed by atoms with Crippen LogP contribution in [-0.2, 0) is 22.6 Å². The molecule has 4 aromatic rings. The fraction of sp³-hybridized carbons (Fsp3) is 0.174. The van der Waals surface area contributed by atoms with E-state index in [1.165, 1.54) is 18.3 Å². The first-order valence-electron chi connectivity index (χ1n) is 10.0. The maximum atomic E-state index is 12.4. The number of aromatic nitrogens is 3. The zero-order chi connectivity index (χ0) is 22.5. The average molecular weight is 448 g/mol. The summed E-state index contributed by atoms with van der Waals surface area (Å²) in [5.74, 6) is -0.305. The van der Waals surface area contributed by atoms with Gasteiger partial charge >= 0.3 is 0 Å². The Morgan fingerprint density at radius 1 is 1.06 bits per heavy atom. The second-order valence-electron chi connectivity index (χ2n) is 7.22. The van der Waals surface area contributed by atoms with E-state index in [4.69, 9.17) is 0 Å². The second kappa shape index (κ2) is 9.52. The quantitative estimate of drug-likeness (QED) is 0.402. The van der Waals surface area contributed by atoms with Crippen LogP contribution in [0, 0.1) is 0 Å². The molecular weight excluding hydrogens is 426 g/mol. The maximum Gasteiger partial charge on any atom is 0.270 e. The SMILES string of the molecule is CC(=O)NCc1ccc(-c2csc(NC(=O)CCc3nc4ccccc4[nH]c3=O)n2)cc1. The van der Waals surface area contributed by atoms with Crippen LogP contribution in [0.25, 0.3) is 22.3 Å². The van der Waals surface area contributed by atoms with Crippen LogP contribution in [0.2, 0.25) is 0 Å². The van der Waals surface area contributed by atoms with E-state index in [2.05, 4.69) is 25.6 Å². The van der Waals surface area contributed by atoms with E-state index in [-0.39, 0.29) is 30.2 Å². The summed E-state index contributed by atoms with van der Waals surface area (Å²) in [6, 6.07) is 15.0. The van der Waals surface area contributed by atoms with Gasteiger partial charge in [0.05, 0.1) is 16.7 Å². The molecule has 0 saturated heterocycles. The summed E-state index contributed by atoms with van der Waals surface area (Å²) in [4.78, 5) is 47.2. The molecule has 0 fully saturated rings. The van der Waals surface area contributed by atoms with Gasteiger partial charge in [-0.2, -0.15) is 0 Å². The highest BCUT2D eigenvalue weighted by Gasteiger charge is 2.11. The fourth-order valence-corrected chi connectivity index (χ4v) is 3.87. The first kappa shape index (κ1) is 21.4. The Morgan fingerprint density at radius 3 is 2.62 bits per heavy atom. The number of rotatable bonds is 7. The molecule has 0 unspecified atom stereocenters. The first-order chi connectivity index (χ1) is 15.5. The summed E-state index contributed by atoms with van der Waals surface area (Å²) in [5, 5.41) is 7.90. The summed E-state index contributed by atoms with van der Waals surface area (Å²) in [5.41, 5.74) is 4.07. The molecule has 0 saturated carbocycles. The molecular formula is C23H21N5O3S. The number of nitrogens with one attached hydrogen (secondary N) is 3. The van der Waals surface area contributed by atoms with Crippen LogP contribution in [0.4, 0.5) is 5.13 Å². The predicted octanol–water partition coefficient (Wildman–Crippen LogP) is 3.25. The number of carbonyl (C=O) groups is 2. The zero-order valence-corrected chi connectivity index (χ0v) is 18.2. The summed E-state index contributed by atoms with van der Waals surface area (Å²) >= 11 is 1.33. The Morgan fingerprint density at radius 2 is 1.84 bits per heavy atom. The van der Waals surface area contributed by atoms with E-state index in [1.807, 2.05) is 47.8 Å². The standard InChI is InChI=1S/C23H21N5O3S/c1-14(29)24-12-15-6-8-16(9-7-15)20-13-32-23(27-20)28-21(30)11-10-19-22(31)26-18-5-3-2-4-17(18)25-19/h2-9,13H,10-12H2,1H3,(H,24,29)(H,26,31)(H,27,28,30). The topological polar surface area (TPSA) is 117 Å². The molecule has 2 aromatic carbocycles. The van der Waals surface area contributed by atoms with Crippen LogP contribution in [-0.4, -0.2) is 26.8 Å². The summed E-state index contributed by atoms with van der Waals surface area (Å²) in [6.45, 7) is 1.96. The summed E-state index contributed by atoms with van der Waals surface area (Å²) in [7, 11) is 0. The van der Waals surface area contributed by atoms with Gasteiger partial charge < -0.3 is 15.6 Å². The number of para-hydroxylation sites is 2. The molecule has 9 heteroatoms. The van der Waals surface area contributed by atoms with Gasteiger partial charge in [-0.05, 0) is 17.7 Å². The van der Waals surface area contributed by atoms with Gasteiger partial charge in [-0.3, -0.25) is 14.4 Å². The Balaban J connectivity index is 1.35. The normalized spacial score (nSPS) is 10.8. The predicted molar refractivity (Wildman–Crippen MR) is 124 cm³/mol. The number of H-pyrrole nitrogens is 1. The Hall–Kier alpha value is -3.85. The number of anilines is 1. The van der Waals surface area contributed by atoms with Gasteiger partial charge in [-0.25, -0.2) is 9.97 Å². The van der Waals surface area contributed by atoms with Crippen molar-refractivity contribution in [3.05, 3.63) is 75.5 Å². The van der Waals surface area contributed by atoms with Crippen molar-refractivity contribution in [2.75, 3.05) is 5.32 Å². The van der Waals surface area contributed by atoms with Crippen molar-refractivity contribution in [2.45, 2.75) is 26.3 Å². The molecule has 0 radical (unpaired) electrons. The molecule has 0 aliphatic heterocycles. The molecule has 0 spiro atoms. The lowest BCUT2D eigenvalue weighted by atomic mass is 10.1. The fourth-order valence-electron chi connectivity index (χ4n) is 3.13. The lowest BCUT2D eigenvalue weighted by Crippen LogP contribution is -2.19. The maximum absolute atomic E-state index is 12.4. The van der Waals surface area contributed by atoms with Gasteiger partial charge in [0.1, 0.15) is 5.69 Å². The number of benzene rings is 2. The zero-order valence-electron chi connectivity index (χ0n) is 17.3. The number of carbonyl (C=O) groups excluding carboxylic acids is 2. The van der Waals surface area contributed by atoms with Crippen LogP contribution in [0.15, 0.2) is 58.7 Å². The minimum atomic E-state index is -0.282. The Kier molecular flexibility index (Phi) is 6.37. The monoisotopic (exact) mass is 447 g/mol. The van der Waals surface area contributed by atoms with Crippen LogP contribution >= 0.6 is 11.3 Å². The van der Waals surface area contributed by atoms with Crippen LogP contribution < -0.4 is 16.2 Å². The van der Waals surface area contributed by atoms with E-state index in [1.54, 1.807) is 6.07 Å². The summed E-state index contributed by atoms with van der Waals surface area (Å²) < 4.78 is 0. The first-order valence-corrected chi connectivity index (χ1v) is 10.9. The van der Waals surface area contributed by atoms with Crippen molar-refractivity contribution >= 4 is 39.3 Å². The molecule has 0 atom stereocenters. The summed E-state index contributed by atoms with van der Waals surface area (Å²) in [6.07, 6.45) is 0.362. The smallest absolute Gasteiger partial charge is 0.270 e. The number of hydrogen-bond acceptors (Lipinski definition) is 6. The van der Waals surface area contributed by atoms with Crippen molar-refractivity contribution in [2.24, 2.45) is 0 Å². The Bertz CT molecular complexity index is 1330. The third kappa shape index (κ3) is 5.25. The van der Waals surface area contributed by atoms with Gasteiger partial charge in [0.2, 0.25) is 11.8 Å². The van der Waals surface area contributed by atoms with Crippen molar-refractivity contribution in [1.82, 2.24) is 20.3 Å². The van der Waals surface area contributed by atoms with Crippen molar-refractivity contribution < 1.29 is 9.59 Å². The molecule has 2 heterocycles. The third-order valence-corrected chi connectivity index (χ3v) is 5.56. The van der Waals surface area contributed by atoms with Crippen molar-refractivity contribution in [3.63, 3.8) is 0 Å². The van der Waals surface area contributed by atoms with Crippen molar-refractivity contribution in [3.8, 4) is 11.3 Å². The highest BCUT2D eigenvalue weighted by atomic mass is 32.1. The molecule has 0 bridgehead atoms. The van der Waals surface area contributed by atoms with E-state index < -0.39 is 0 Å². The minimum Gasteiger partial charge on any atom is -0.352 e. The number of amides is 2. The molecule has 2 amide bonds. The number of aryl methyl sites for hydroxylation is 1. The van der Waals surface area contributed by atoms with Gasteiger partial charge in [0.15, 0.2) is 5.13 Å². The van der Waals surface area contributed by atoms with E-state index in [0.29, 0.717) is 28.4 Å². The number of thiazole rings is 1. The number of aromatic amines is 1. The average Bonchev–Trinajstić information content (AvgIpc) is 3.25. The molecule has 2 aromatic heterocycles. The van der Waals surface area contributed by atoms with Gasteiger partial charge in [-0.1, -0.05) is 36.4 Å². The van der Waals surface area contributed by atoms with Crippen LogP contribution in [0.3, 0.4) is 0 Å². The minimum absolute atomic E-state index is 0.0741. The third-order valence-electron chi connectivity index (χ3n) is 4.80. The molecule has 32 heavy (non-hydrogen) atoms. The molecule has 3 N–H and O–H groups in total. The lowest BCUT2D eigenvalue weighted by Gasteiger charge is -2.04. The number of fused-ring (bicyclic) bond motifs is 1. The van der Waals surface area contributed by atoms with Crippen LogP contribution in [0.1, 0.15) is 24.6 Å². The number of hydrogen-bond donors (Lipinski definition) is 3. The largest absolute Gasteiger partial charge is 0.352 e. The lowest BCUT2D eigenvalue weighted by molar-refractivity contribution is -0.119. The number of nitrogens with zero attached hydrogens (tertiary/aromatic N) is 2. The molecule has 0 aliphatic carbocycles. The highest BCUT2D eigenvalue weighted by Crippen LogP contribution is 2.25. The van der Waals surface area contributed by atoms with E-state index in [0.717, 1.165) is 16.8 Å². The second-order valence-corrected chi connectivity index (χ2v) is 8.08. The van der Waals surface area contributed by atoms with Crippen LogP contribution in [0.5, 0.6) is 0 Å². The van der Waals surface area contributed by atoms with Gasteiger partial charge in [0, 0.05) is 37.3 Å². The molecule has 162 valence electrons. The molecule has 0 aliphatic rings. The molecule has 8 nitrogen and oxygen atoms in total. The highest BCUT2D eigenvalue weighted by molar-refractivity contribution is 7.14. The van der Waals surface area contributed by atoms with E-state index in [9.17, 15) is 14.4 Å². The van der Waals surface area contributed by atoms with Gasteiger partial charge in [0.25, 0.3) is 5.56 Å². The Labute approximate surface area is 187 Å². The van der Waals surface area contributed by atoms with Gasteiger partial charge in [-0.15, -0.1) is 11.3 Å². The van der Waals surface area contributed by atoms with Crippen molar-refractivity contribution in [1.29, 1.82) is 0 Å². The van der Waals surface area contributed by atoms with E-state index >= 15 is 0 Å².